The molecule has 3 rings (SSSR count). The molecule has 0 spiro atoms. The van der Waals surface area contributed by atoms with Crippen LogP contribution in [0, 0.1) is 18.6 Å². The average molecular weight is 279 g/mol. The van der Waals surface area contributed by atoms with Crippen LogP contribution in [0.4, 0.5) is 8.78 Å². The van der Waals surface area contributed by atoms with Gasteiger partial charge in [0.2, 0.25) is 0 Å². The molecular weight excluding hydrogens is 264 g/mol. The number of carbonyl (C=O) groups excluding carboxylic acids is 1. The molecule has 1 heterocycles. The zero-order valence-corrected chi connectivity index (χ0v) is 11.3. The van der Waals surface area contributed by atoms with Gasteiger partial charge in [0.15, 0.2) is 5.96 Å². The van der Waals surface area contributed by atoms with Crippen LogP contribution in [-0.2, 0) is 10.3 Å². The summed E-state index contributed by atoms with van der Waals surface area (Å²) in [6, 6.07) is 2.39. The summed E-state index contributed by atoms with van der Waals surface area (Å²) in [5, 5.41) is 5.46. The standard InChI is InChI=1S/C14H15F2N3O/c1-7-5-11(16)9(6-10(7)15)14(2)12(20)18-13(19-14)17-8-3-4-8/h5-6,8H,3-4H2,1-2H3,(H2,17,18,19,20). The van der Waals surface area contributed by atoms with E-state index in [1.807, 2.05) is 0 Å². The van der Waals surface area contributed by atoms with Crippen molar-refractivity contribution in [2.24, 2.45) is 4.99 Å². The highest BCUT2D eigenvalue weighted by Crippen LogP contribution is 2.30. The van der Waals surface area contributed by atoms with E-state index in [4.69, 9.17) is 0 Å². The summed E-state index contributed by atoms with van der Waals surface area (Å²) in [6.07, 6.45) is 1.98. The molecule has 1 saturated heterocycles. The van der Waals surface area contributed by atoms with Gasteiger partial charge >= 0.3 is 0 Å². The van der Waals surface area contributed by atoms with Gasteiger partial charge < -0.3 is 5.32 Å². The molecule has 0 radical (unpaired) electrons. The number of carbonyl (C=O) groups is 1. The highest BCUT2D eigenvalue weighted by Gasteiger charge is 2.45. The van der Waals surface area contributed by atoms with Crippen LogP contribution in [0.2, 0.25) is 0 Å². The van der Waals surface area contributed by atoms with Crippen LogP contribution in [0.3, 0.4) is 0 Å². The average Bonchev–Trinajstić information content (AvgIpc) is 3.12. The van der Waals surface area contributed by atoms with E-state index in [9.17, 15) is 13.6 Å². The molecule has 20 heavy (non-hydrogen) atoms. The van der Waals surface area contributed by atoms with Gasteiger partial charge in [0.1, 0.15) is 17.2 Å². The molecule has 1 aromatic rings. The lowest BCUT2D eigenvalue weighted by molar-refractivity contribution is -0.123. The second kappa shape index (κ2) is 4.26. The zero-order valence-electron chi connectivity index (χ0n) is 11.3. The Labute approximate surface area is 115 Å². The Morgan fingerprint density at radius 3 is 2.65 bits per heavy atom. The summed E-state index contributed by atoms with van der Waals surface area (Å²) in [7, 11) is 0. The first-order valence-corrected chi connectivity index (χ1v) is 6.54. The Balaban J connectivity index is 1.99. The highest BCUT2D eigenvalue weighted by atomic mass is 19.1. The summed E-state index contributed by atoms with van der Waals surface area (Å²) in [5.41, 5.74) is -1.15. The predicted molar refractivity (Wildman–Crippen MR) is 70.2 cm³/mol. The van der Waals surface area contributed by atoms with Gasteiger partial charge in [-0.25, -0.2) is 13.8 Å². The minimum Gasteiger partial charge on any atom is -0.338 e. The summed E-state index contributed by atoms with van der Waals surface area (Å²) in [4.78, 5) is 16.4. The number of halogens is 2. The number of nitrogens with one attached hydrogen (secondary N) is 2. The maximum Gasteiger partial charge on any atom is 0.256 e. The molecule has 0 bridgehead atoms. The smallest absolute Gasteiger partial charge is 0.256 e. The Kier molecular flexibility index (Phi) is 2.77. The molecule has 1 aliphatic carbocycles. The Morgan fingerprint density at radius 1 is 1.30 bits per heavy atom. The SMILES string of the molecule is Cc1cc(F)c(C2(C)NC(=NC3CC3)NC2=O)cc1F. The lowest BCUT2D eigenvalue weighted by atomic mass is 9.91. The van der Waals surface area contributed by atoms with Crippen molar-refractivity contribution in [2.75, 3.05) is 0 Å². The molecule has 4 nitrogen and oxygen atoms in total. The lowest BCUT2D eigenvalue weighted by Crippen LogP contribution is -2.41. The Morgan fingerprint density at radius 2 is 2.00 bits per heavy atom. The fourth-order valence-electron chi connectivity index (χ4n) is 2.23. The minimum atomic E-state index is -1.34. The predicted octanol–water partition coefficient (Wildman–Crippen LogP) is 1.73. The number of hydrogen-bond acceptors (Lipinski definition) is 2. The van der Waals surface area contributed by atoms with Crippen LogP contribution < -0.4 is 10.6 Å². The van der Waals surface area contributed by atoms with Crippen molar-refractivity contribution in [1.82, 2.24) is 10.6 Å². The molecule has 1 atom stereocenters. The van der Waals surface area contributed by atoms with Gasteiger partial charge in [0.25, 0.3) is 5.91 Å². The van der Waals surface area contributed by atoms with Crippen molar-refractivity contribution < 1.29 is 13.6 Å². The van der Waals surface area contributed by atoms with Gasteiger partial charge in [-0.3, -0.25) is 10.1 Å². The third-order valence-corrected chi connectivity index (χ3v) is 3.70. The van der Waals surface area contributed by atoms with E-state index in [2.05, 4.69) is 15.6 Å². The number of aliphatic imine (C=N–C) groups is 1. The maximum atomic E-state index is 14.1. The number of rotatable bonds is 2. The van der Waals surface area contributed by atoms with Crippen molar-refractivity contribution in [3.63, 3.8) is 0 Å². The van der Waals surface area contributed by atoms with E-state index in [0.29, 0.717) is 5.96 Å². The number of benzene rings is 1. The highest BCUT2D eigenvalue weighted by molar-refractivity contribution is 6.09. The molecular formula is C14H15F2N3O. The third-order valence-electron chi connectivity index (χ3n) is 3.70. The Hall–Kier alpha value is -1.98. The van der Waals surface area contributed by atoms with Crippen molar-refractivity contribution in [3.8, 4) is 0 Å². The molecule has 6 heteroatoms. The van der Waals surface area contributed by atoms with Crippen LogP contribution >= 0.6 is 0 Å². The van der Waals surface area contributed by atoms with E-state index in [0.717, 1.165) is 25.0 Å². The third kappa shape index (κ3) is 2.05. The van der Waals surface area contributed by atoms with Crippen LogP contribution in [0.5, 0.6) is 0 Å². The number of guanidine groups is 1. The molecule has 0 aromatic heterocycles. The van der Waals surface area contributed by atoms with E-state index >= 15 is 0 Å². The van der Waals surface area contributed by atoms with Gasteiger partial charge in [0.05, 0.1) is 6.04 Å². The van der Waals surface area contributed by atoms with Crippen molar-refractivity contribution in [2.45, 2.75) is 38.3 Å². The van der Waals surface area contributed by atoms with Crippen LogP contribution in [0.1, 0.15) is 30.9 Å². The lowest BCUT2D eigenvalue weighted by Gasteiger charge is -2.22. The van der Waals surface area contributed by atoms with Gasteiger partial charge in [-0.05, 0) is 44.4 Å². The van der Waals surface area contributed by atoms with Crippen LogP contribution in [0.15, 0.2) is 17.1 Å². The summed E-state index contributed by atoms with van der Waals surface area (Å²) in [5.74, 6) is -1.24. The van der Waals surface area contributed by atoms with E-state index in [1.54, 1.807) is 0 Å². The second-order valence-corrected chi connectivity index (χ2v) is 5.49. The fourth-order valence-corrected chi connectivity index (χ4v) is 2.23. The first-order valence-electron chi connectivity index (χ1n) is 6.54. The van der Waals surface area contributed by atoms with Gasteiger partial charge in [-0.2, -0.15) is 0 Å². The quantitative estimate of drug-likeness (QED) is 0.866. The molecule has 2 aliphatic rings. The maximum absolute atomic E-state index is 14.1. The molecule has 1 aromatic carbocycles. The molecule has 1 aliphatic heterocycles. The second-order valence-electron chi connectivity index (χ2n) is 5.49. The van der Waals surface area contributed by atoms with Crippen molar-refractivity contribution in [1.29, 1.82) is 0 Å². The summed E-state index contributed by atoms with van der Waals surface area (Å²) in [6.45, 7) is 3.00. The van der Waals surface area contributed by atoms with Crippen LogP contribution in [0.25, 0.3) is 0 Å². The fraction of sp³-hybridized carbons (Fsp3) is 0.429. The first kappa shape index (κ1) is 13.0. The van der Waals surface area contributed by atoms with Crippen LogP contribution in [-0.4, -0.2) is 17.9 Å². The number of amides is 1. The Bertz CT molecular complexity index is 625. The largest absolute Gasteiger partial charge is 0.338 e. The van der Waals surface area contributed by atoms with E-state index in [-0.39, 0.29) is 17.2 Å². The summed E-state index contributed by atoms with van der Waals surface area (Å²) >= 11 is 0. The number of nitrogens with zero attached hydrogens (tertiary/aromatic N) is 1. The van der Waals surface area contributed by atoms with E-state index in [1.165, 1.54) is 13.8 Å². The normalized spacial score (nSPS) is 27.6. The molecule has 1 amide bonds. The zero-order chi connectivity index (χ0) is 14.5. The van der Waals surface area contributed by atoms with E-state index < -0.39 is 23.1 Å². The van der Waals surface area contributed by atoms with Gasteiger partial charge in [-0.15, -0.1) is 0 Å². The number of hydrogen-bond donors (Lipinski definition) is 2. The molecule has 2 N–H and O–H groups in total. The van der Waals surface area contributed by atoms with Crippen molar-refractivity contribution in [3.05, 3.63) is 34.9 Å². The summed E-state index contributed by atoms with van der Waals surface area (Å²) < 4.78 is 27.7. The van der Waals surface area contributed by atoms with Gasteiger partial charge in [-0.1, -0.05) is 0 Å². The number of aryl methyl sites for hydroxylation is 1. The minimum absolute atomic E-state index is 0.0147. The topological polar surface area (TPSA) is 53.5 Å². The first-order chi connectivity index (χ1) is 9.40. The van der Waals surface area contributed by atoms with Crippen molar-refractivity contribution >= 4 is 11.9 Å². The molecule has 1 saturated carbocycles. The van der Waals surface area contributed by atoms with Gasteiger partial charge in [0, 0.05) is 5.56 Å². The monoisotopic (exact) mass is 279 g/mol. The molecule has 2 fully saturated rings. The molecule has 106 valence electrons. The molecule has 1 unspecified atom stereocenters.